The first-order valence-corrected chi connectivity index (χ1v) is 8.33. The Morgan fingerprint density at radius 1 is 1.25 bits per heavy atom. The Kier molecular flexibility index (Phi) is 4.06. The van der Waals surface area contributed by atoms with Crippen molar-refractivity contribution in [1.29, 1.82) is 0 Å². The number of ether oxygens (including phenoxy) is 3. The Morgan fingerprint density at radius 2 is 2.00 bits per heavy atom. The Labute approximate surface area is 142 Å². The van der Waals surface area contributed by atoms with Gasteiger partial charge in [0.05, 0.1) is 26.1 Å². The van der Waals surface area contributed by atoms with Gasteiger partial charge in [0.1, 0.15) is 11.5 Å². The van der Waals surface area contributed by atoms with Crippen molar-refractivity contribution >= 4 is 11.9 Å². The third kappa shape index (κ3) is 2.38. The SMILES string of the molecule is COC(=O)[C@@]1(C)CCC[C@]2(C)c3cc(OC)ccc3OC(=O)C[C@@H]12. The lowest BCUT2D eigenvalue weighted by atomic mass is 9.53. The zero-order valence-corrected chi connectivity index (χ0v) is 14.7. The van der Waals surface area contributed by atoms with Gasteiger partial charge in [-0.25, -0.2) is 0 Å². The summed E-state index contributed by atoms with van der Waals surface area (Å²) in [7, 11) is 3.02. The van der Waals surface area contributed by atoms with Crippen molar-refractivity contribution in [1.82, 2.24) is 0 Å². The first-order valence-electron chi connectivity index (χ1n) is 8.33. The molecule has 0 aromatic heterocycles. The van der Waals surface area contributed by atoms with Gasteiger partial charge < -0.3 is 14.2 Å². The van der Waals surface area contributed by atoms with E-state index in [4.69, 9.17) is 14.2 Å². The van der Waals surface area contributed by atoms with E-state index in [1.165, 1.54) is 7.11 Å². The van der Waals surface area contributed by atoms with Gasteiger partial charge in [0.25, 0.3) is 0 Å². The van der Waals surface area contributed by atoms with Crippen molar-refractivity contribution in [3.8, 4) is 11.5 Å². The molecule has 1 aliphatic carbocycles. The summed E-state index contributed by atoms with van der Waals surface area (Å²) in [6, 6.07) is 5.51. The first kappa shape index (κ1) is 16.8. The van der Waals surface area contributed by atoms with E-state index in [9.17, 15) is 9.59 Å². The fourth-order valence-electron chi connectivity index (χ4n) is 4.63. The van der Waals surface area contributed by atoms with Crippen LogP contribution in [-0.2, 0) is 19.7 Å². The molecule has 1 aromatic rings. The van der Waals surface area contributed by atoms with Crippen molar-refractivity contribution in [2.24, 2.45) is 11.3 Å². The van der Waals surface area contributed by atoms with Crippen LogP contribution in [0.4, 0.5) is 0 Å². The molecule has 0 radical (unpaired) electrons. The van der Waals surface area contributed by atoms with Crippen LogP contribution < -0.4 is 9.47 Å². The van der Waals surface area contributed by atoms with Crippen LogP contribution in [0.15, 0.2) is 18.2 Å². The minimum absolute atomic E-state index is 0.174. The van der Waals surface area contributed by atoms with Crippen molar-refractivity contribution in [3.05, 3.63) is 23.8 Å². The van der Waals surface area contributed by atoms with E-state index in [0.717, 1.165) is 24.2 Å². The van der Waals surface area contributed by atoms with Gasteiger partial charge in [0.2, 0.25) is 0 Å². The summed E-state index contributed by atoms with van der Waals surface area (Å²) in [5.41, 5.74) is -0.115. The molecule has 1 saturated carbocycles. The van der Waals surface area contributed by atoms with Crippen molar-refractivity contribution in [2.75, 3.05) is 14.2 Å². The number of rotatable bonds is 2. The Hall–Kier alpha value is -2.04. The summed E-state index contributed by atoms with van der Waals surface area (Å²) < 4.78 is 16.0. The molecule has 5 nitrogen and oxygen atoms in total. The molecule has 3 rings (SSSR count). The standard InChI is InChI=1S/C19H24O5/c1-18-8-5-9-19(2,17(21)23-4)15(18)11-16(20)24-14-7-6-12(22-3)10-13(14)18/h6-7,10,15H,5,8-9,11H2,1-4H3/t15-,18-,19+/m1/s1. The molecule has 1 aliphatic heterocycles. The molecule has 2 aliphatic rings. The van der Waals surface area contributed by atoms with Crippen LogP contribution in [-0.4, -0.2) is 26.2 Å². The minimum atomic E-state index is -0.703. The highest BCUT2D eigenvalue weighted by Crippen LogP contribution is 2.57. The summed E-state index contributed by atoms with van der Waals surface area (Å²) in [6.07, 6.45) is 2.70. The molecule has 24 heavy (non-hydrogen) atoms. The molecule has 1 fully saturated rings. The third-order valence-electron chi connectivity index (χ3n) is 5.98. The number of carbonyl (C=O) groups excluding carboxylic acids is 2. The molecule has 0 saturated heterocycles. The van der Waals surface area contributed by atoms with E-state index in [2.05, 4.69) is 6.92 Å². The molecule has 0 bridgehead atoms. The zero-order valence-electron chi connectivity index (χ0n) is 14.7. The van der Waals surface area contributed by atoms with Crippen LogP contribution in [0.5, 0.6) is 11.5 Å². The summed E-state index contributed by atoms with van der Waals surface area (Å²) in [6.45, 7) is 4.04. The molecule has 130 valence electrons. The summed E-state index contributed by atoms with van der Waals surface area (Å²) in [4.78, 5) is 24.9. The van der Waals surface area contributed by atoms with E-state index in [1.807, 2.05) is 13.0 Å². The molecule has 0 spiro atoms. The molecular weight excluding hydrogens is 308 g/mol. The summed E-state index contributed by atoms with van der Waals surface area (Å²) >= 11 is 0. The third-order valence-corrected chi connectivity index (χ3v) is 5.98. The van der Waals surface area contributed by atoms with Gasteiger partial charge in [-0.3, -0.25) is 9.59 Å². The highest BCUT2D eigenvalue weighted by Gasteiger charge is 2.56. The largest absolute Gasteiger partial charge is 0.497 e. The predicted octanol–water partition coefficient (Wildman–Crippen LogP) is 3.24. The highest BCUT2D eigenvalue weighted by molar-refractivity contribution is 5.81. The van der Waals surface area contributed by atoms with Crippen molar-refractivity contribution in [2.45, 2.75) is 44.9 Å². The second-order valence-electron chi connectivity index (χ2n) is 7.27. The van der Waals surface area contributed by atoms with Gasteiger partial charge in [-0.1, -0.05) is 13.3 Å². The van der Waals surface area contributed by atoms with Crippen LogP contribution in [0.3, 0.4) is 0 Å². The van der Waals surface area contributed by atoms with E-state index in [-0.39, 0.29) is 29.7 Å². The highest BCUT2D eigenvalue weighted by atomic mass is 16.5. The van der Waals surface area contributed by atoms with Gasteiger partial charge in [0, 0.05) is 11.0 Å². The maximum absolute atomic E-state index is 12.5. The fraction of sp³-hybridized carbons (Fsp3) is 0.579. The number of methoxy groups -OCH3 is 2. The Bertz CT molecular complexity index is 682. The van der Waals surface area contributed by atoms with E-state index in [1.54, 1.807) is 19.2 Å². The van der Waals surface area contributed by atoms with Crippen LogP contribution in [0.2, 0.25) is 0 Å². The van der Waals surface area contributed by atoms with Crippen LogP contribution in [0.25, 0.3) is 0 Å². The molecular formula is C19H24O5. The maximum Gasteiger partial charge on any atom is 0.311 e. The van der Waals surface area contributed by atoms with Crippen LogP contribution >= 0.6 is 0 Å². The number of hydrogen-bond acceptors (Lipinski definition) is 5. The van der Waals surface area contributed by atoms with Gasteiger partial charge in [-0.05, 0) is 43.9 Å². The molecule has 0 amide bonds. The fourth-order valence-corrected chi connectivity index (χ4v) is 4.63. The number of esters is 2. The Morgan fingerprint density at radius 3 is 2.67 bits per heavy atom. The lowest BCUT2D eigenvalue weighted by molar-refractivity contribution is -0.161. The van der Waals surface area contributed by atoms with Gasteiger partial charge in [-0.2, -0.15) is 0 Å². The van der Waals surface area contributed by atoms with Gasteiger partial charge >= 0.3 is 11.9 Å². The topological polar surface area (TPSA) is 61.8 Å². The first-order chi connectivity index (χ1) is 11.3. The van der Waals surface area contributed by atoms with Crippen LogP contribution in [0.1, 0.15) is 45.1 Å². The predicted molar refractivity (Wildman–Crippen MR) is 88.1 cm³/mol. The molecule has 0 N–H and O–H groups in total. The van der Waals surface area contributed by atoms with Gasteiger partial charge in [-0.15, -0.1) is 0 Å². The monoisotopic (exact) mass is 332 g/mol. The average molecular weight is 332 g/mol. The number of benzene rings is 1. The normalized spacial score (nSPS) is 32.0. The van der Waals surface area contributed by atoms with Crippen LogP contribution in [0, 0.1) is 11.3 Å². The van der Waals surface area contributed by atoms with Crippen molar-refractivity contribution in [3.63, 3.8) is 0 Å². The molecule has 1 heterocycles. The number of hydrogen-bond donors (Lipinski definition) is 0. The Balaban J connectivity index is 2.19. The quantitative estimate of drug-likeness (QED) is 0.614. The van der Waals surface area contributed by atoms with Gasteiger partial charge in [0.15, 0.2) is 0 Å². The van der Waals surface area contributed by atoms with E-state index < -0.39 is 5.41 Å². The number of fused-ring (bicyclic) bond motifs is 3. The number of carbonyl (C=O) groups is 2. The van der Waals surface area contributed by atoms with Crippen molar-refractivity contribution < 1.29 is 23.8 Å². The smallest absolute Gasteiger partial charge is 0.311 e. The minimum Gasteiger partial charge on any atom is -0.497 e. The van der Waals surface area contributed by atoms with E-state index >= 15 is 0 Å². The second-order valence-corrected chi connectivity index (χ2v) is 7.27. The summed E-state index contributed by atoms with van der Waals surface area (Å²) in [5.74, 6) is 0.564. The molecule has 0 unspecified atom stereocenters. The lowest BCUT2D eigenvalue weighted by Crippen LogP contribution is -2.50. The molecule has 3 atom stereocenters. The zero-order chi connectivity index (χ0) is 17.5. The van der Waals surface area contributed by atoms with E-state index in [0.29, 0.717) is 12.2 Å². The maximum atomic E-state index is 12.5. The molecule has 1 aromatic carbocycles. The average Bonchev–Trinajstić information content (AvgIpc) is 2.68. The lowest BCUT2D eigenvalue weighted by Gasteiger charge is -2.49. The molecule has 5 heteroatoms. The summed E-state index contributed by atoms with van der Waals surface area (Å²) in [5, 5.41) is 0. The second kappa shape index (κ2) is 5.80.